The summed E-state index contributed by atoms with van der Waals surface area (Å²) in [6, 6.07) is 19.8. The maximum Gasteiger partial charge on any atom is 0.247 e. The van der Waals surface area contributed by atoms with Gasteiger partial charge < -0.3 is 30.9 Å². The molecule has 3 atom stereocenters. The van der Waals surface area contributed by atoms with Crippen LogP contribution in [0.1, 0.15) is 40.5 Å². The molecule has 0 radical (unpaired) electrons. The Bertz CT molecular complexity index is 1740. The molecule has 4 aromatic rings. The van der Waals surface area contributed by atoms with Crippen LogP contribution in [0.25, 0.3) is 22.0 Å². The number of likely N-dealkylation sites (N-methyl/N-ethyl adjacent to an activating group) is 1. The van der Waals surface area contributed by atoms with Gasteiger partial charge in [0.05, 0.1) is 24.4 Å². The second-order valence-corrected chi connectivity index (χ2v) is 12.9. The van der Waals surface area contributed by atoms with Gasteiger partial charge in [-0.25, -0.2) is 9.97 Å². The number of nitrogens with one attached hydrogen (secondary N) is 4. The van der Waals surface area contributed by atoms with Crippen molar-refractivity contribution in [2.75, 3.05) is 31.3 Å². The number of carbonyl (C=O) groups is 3. The van der Waals surface area contributed by atoms with E-state index < -0.39 is 23.5 Å². The molecule has 1 saturated heterocycles. The van der Waals surface area contributed by atoms with Crippen LogP contribution in [-0.4, -0.2) is 71.4 Å². The third-order valence-corrected chi connectivity index (χ3v) is 8.53. The Kier molecular flexibility index (Phi) is 10.0. The minimum atomic E-state index is -0.804. The van der Waals surface area contributed by atoms with Gasteiger partial charge in [-0.2, -0.15) is 0 Å². The maximum absolute atomic E-state index is 13.9. The van der Waals surface area contributed by atoms with Crippen LogP contribution in [0, 0.1) is 5.41 Å². The number of methoxy groups -OCH3 is 1. The molecular formula is C36H43N7O4. The average Bonchev–Trinajstić information content (AvgIpc) is 3.57. The fourth-order valence-electron chi connectivity index (χ4n) is 5.70. The van der Waals surface area contributed by atoms with E-state index in [0.717, 1.165) is 16.8 Å². The molecule has 11 heteroatoms. The number of benzene rings is 3. The smallest absolute Gasteiger partial charge is 0.247 e. The van der Waals surface area contributed by atoms with Gasteiger partial charge in [0.25, 0.3) is 0 Å². The van der Waals surface area contributed by atoms with Crippen LogP contribution in [0.5, 0.6) is 5.75 Å². The molecule has 1 unspecified atom stereocenters. The van der Waals surface area contributed by atoms with Gasteiger partial charge in [0.1, 0.15) is 30.0 Å². The van der Waals surface area contributed by atoms with Crippen LogP contribution in [0.4, 0.5) is 17.2 Å². The standard InChI is InChI=1S/C36H43N7O4/c1-22(37-5)33(44)42-31(36(2,3)4)35(46)43-18-10-13-29(43)34(45)41-28-19-26-27(20-30(28)47-6)38-21-39-32(26)40-25-16-14-24(15-17-25)23-11-8-7-9-12-23/h7-9,11-12,14-17,19-22,29,31,37H,10,13,18H2,1-6H3,(H,41,45)(H,42,44)(H,38,39,40)/t22-,29?,31+/m0/s1. The highest BCUT2D eigenvalue weighted by molar-refractivity contribution is 6.03. The van der Waals surface area contributed by atoms with Crippen LogP contribution in [0.3, 0.4) is 0 Å². The second kappa shape index (κ2) is 14.2. The first-order chi connectivity index (χ1) is 22.5. The molecule has 2 heterocycles. The number of hydrogen-bond acceptors (Lipinski definition) is 8. The molecule has 0 saturated carbocycles. The number of nitrogens with zero attached hydrogens (tertiary/aromatic N) is 3. The van der Waals surface area contributed by atoms with Gasteiger partial charge in [-0.3, -0.25) is 14.4 Å². The fourth-order valence-corrected chi connectivity index (χ4v) is 5.70. The van der Waals surface area contributed by atoms with E-state index in [0.29, 0.717) is 47.5 Å². The lowest BCUT2D eigenvalue weighted by Crippen LogP contribution is -2.59. The van der Waals surface area contributed by atoms with Crippen molar-refractivity contribution >= 4 is 45.8 Å². The van der Waals surface area contributed by atoms with Gasteiger partial charge in [-0.1, -0.05) is 63.2 Å². The molecule has 1 fully saturated rings. The summed E-state index contributed by atoms with van der Waals surface area (Å²) in [6.45, 7) is 7.85. The summed E-state index contributed by atoms with van der Waals surface area (Å²) in [5, 5.41) is 12.9. The number of ether oxygens (including phenoxy) is 1. The predicted octanol–water partition coefficient (Wildman–Crippen LogP) is 5.12. The van der Waals surface area contributed by atoms with Gasteiger partial charge in [-0.05, 0) is 61.6 Å². The van der Waals surface area contributed by atoms with Crippen LogP contribution in [-0.2, 0) is 14.4 Å². The number of fused-ring (bicyclic) bond motifs is 1. The highest BCUT2D eigenvalue weighted by Crippen LogP contribution is 2.34. The van der Waals surface area contributed by atoms with Crippen molar-refractivity contribution in [3.8, 4) is 16.9 Å². The molecule has 0 aliphatic carbocycles. The summed E-state index contributed by atoms with van der Waals surface area (Å²) >= 11 is 0. The van der Waals surface area contributed by atoms with E-state index in [1.54, 1.807) is 31.0 Å². The summed E-state index contributed by atoms with van der Waals surface area (Å²) in [4.78, 5) is 50.9. The van der Waals surface area contributed by atoms with Crippen LogP contribution >= 0.6 is 0 Å². The largest absolute Gasteiger partial charge is 0.494 e. The molecule has 47 heavy (non-hydrogen) atoms. The van der Waals surface area contributed by atoms with Crippen LogP contribution < -0.4 is 26.0 Å². The van der Waals surface area contributed by atoms with Crippen molar-refractivity contribution in [3.63, 3.8) is 0 Å². The number of hydrogen-bond donors (Lipinski definition) is 4. The maximum atomic E-state index is 13.9. The zero-order chi connectivity index (χ0) is 33.7. The van der Waals surface area contributed by atoms with E-state index in [9.17, 15) is 14.4 Å². The zero-order valence-corrected chi connectivity index (χ0v) is 27.8. The monoisotopic (exact) mass is 637 g/mol. The van der Waals surface area contributed by atoms with Gasteiger partial charge in [0, 0.05) is 23.7 Å². The lowest BCUT2D eigenvalue weighted by atomic mass is 9.85. The van der Waals surface area contributed by atoms with E-state index in [1.165, 1.54) is 13.4 Å². The zero-order valence-electron chi connectivity index (χ0n) is 27.8. The molecule has 11 nitrogen and oxygen atoms in total. The molecule has 4 N–H and O–H groups in total. The number of anilines is 3. The van der Waals surface area contributed by atoms with Gasteiger partial charge >= 0.3 is 0 Å². The van der Waals surface area contributed by atoms with Crippen LogP contribution in [0.15, 0.2) is 73.1 Å². The molecule has 1 aromatic heterocycles. The van der Waals surface area contributed by atoms with Crippen molar-refractivity contribution in [1.82, 2.24) is 25.5 Å². The summed E-state index contributed by atoms with van der Waals surface area (Å²) in [7, 11) is 3.22. The van der Waals surface area contributed by atoms with Crippen molar-refractivity contribution in [2.45, 2.75) is 58.7 Å². The molecule has 0 spiro atoms. The highest BCUT2D eigenvalue weighted by Gasteiger charge is 2.42. The molecule has 3 amide bonds. The molecule has 1 aliphatic rings. The summed E-state index contributed by atoms with van der Waals surface area (Å²) in [5.74, 6) is 0.104. The van der Waals surface area contributed by atoms with E-state index >= 15 is 0 Å². The lowest BCUT2D eigenvalue weighted by molar-refractivity contribution is -0.143. The first-order valence-electron chi connectivity index (χ1n) is 15.8. The average molecular weight is 638 g/mol. The normalized spacial score (nSPS) is 16.0. The SMILES string of the molecule is CN[C@@H](C)C(=O)N[C@H](C(=O)N1CCCC1C(=O)Nc1cc2c(Nc3ccc(-c4ccccc4)cc3)ncnc2cc1OC)C(C)(C)C. The van der Waals surface area contributed by atoms with Crippen molar-refractivity contribution < 1.29 is 19.1 Å². The number of likely N-dealkylation sites (tertiary alicyclic amines) is 1. The van der Waals surface area contributed by atoms with Crippen molar-refractivity contribution in [1.29, 1.82) is 0 Å². The minimum absolute atomic E-state index is 0.277. The van der Waals surface area contributed by atoms with Gasteiger partial charge in [0.2, 0.25) is 17.7 Å². The molecule has 0 bridgehead atoms. The molecule has 3 aromatic carbocycles. The van der Waals surface area contributed by atoms with Crippen LogP contribution in [0.2, 0.25) is 0 Å². The fraction of sp³-hybridized carbons (Fsp3) is 0.361. The molecule has 246 valence electrons. The Balaban J connectivity index is 1.37. The number of aromatic nitrogens is 2. The first kappa shape index (κ1) is 33.3. The topological polar surface area (TPSA) is 138 Å². The Labute approximate surface area is 275 Å². The summed E-state index contributed by atoms with van der Waals surface area (Å²) in [6.07, 6.45) is 2.64. The highest BCUT2D eigenvalue weighted by atomic mass is 16.5. The second-order valence-electron chi connectivity index (χ2n) is 12.9. The third-order valence-electron chi connectivity index (χ3n) is 8.53. The number of carbonyl (C=O) groups excluding carboxylic acids is 3. The summed E-state index contributed by atoms with van der Waals surface area (Å²) in [5.41, 5.74) is 3.57. The Hall–Kier alpha value is -5.03. The Morgan fingerprint density at radius 2 is 1.68 bits per heavy atom. The first-order valence-corrected chi connectivity index (χ1v) is 15.8. The Morgan fingerprint density at radius 3 is 2.34 bits per heavy atom. The van der Waals surface area contributed by atoms with Gasteiger partial charge in [-0.15, -0.1) is 0 Å². The minimum Gasteiger partial charge on any atom is -0.494 e. The summed E-state index contributed by atoms with van der Waals surface area (Å²) < 4.78 is 5.63. The quantitative estimate of drug-likeness (QED) is 0.188. The van der Waals surface area contributed by atoms with E-state index in [-0.39, 0.29) is 17.7 Å². The molecular weight excluding hydrogens is 594 g/mol. The Morgan fingerprint density at radius 1 is 0.979 bits per heavy atom. The lowest BCUT2D eigenvalue weighted by Gasteiger charge is -2.36. The predicted molar refractivity (Wildman–Crippen MR) is 185 cm³/mol. The van der Waals surface area contributed by atoms with Crippen molar-refractivity contribution in [2.24, 2.45) is 5.41 Å². The molecule has 5 rings (SSSR count). The third kappa shape index (κ3) is 7.52. The van der Waals surface area contributed by atoms with E-state index in [1.807, 2.05) is 63.2 Å². The number of amides is 3. The van der Waals surface area contributed by atoms with Crippen molar-refractivity contribution in [3.05, 3.63) is 73.1 Å². The van der Waals surface area contributed by atoms with E-state index in [4.69, 9.17) is 4.74 Å². The van der Waals surface area contributed by atoms with Gasteiger partial charge in [0.15, 0.2) is 0 Å². The molecule has 1 aliphatic heterocycles. The van der Waals surface area contributed by atoms with E-state index in [2.05, 4.69) is 43.4 Å². The number of rotatable bonds is 10.